The Bertz CT molecular complexity index is 153. The molecule has 0 saturated carbocycles. The van der Waals surface area contributed by atoms with E-state index >= 15 is 0 Å². The molecule has 0 radical (unpaired) electrons. The summed E-state index contributed by atoms with van der Waals surface area (Å²) in [6, 6.07) is 0. The summed E-state index contributed by atoms with van der Waals surface area (Å²) in [7, 11) is 0. The van der Waals surface area contributed by atoms with Gasteiger partial charge in [-0.25, -0.2) is 4.79 Å². The number of carbonyl (C=O) groups excluding carboxylic acids is 1. The van der Waals surface area contributed by atoms with Gasteiger partial charge >= 0.3 is 6.09 Å². The SMILES string of the molecule is CC(C)(C)OC(=O)NCCOCO. The number of ether oxygens (including phenoxy) is 2. The molecule has 13 heavy (non-hydrogen) atoms. The van der Waals surface area contributed by atoms with Crippen molar-refractivity contribution >= 4 is 6.09 Å². The minimum Gasteiger partial charge on any atom is -0.444 e. The van der Waals surface area contributed by atoms with Crippen LogP contribution in [0.3, 0.4) is 0 Å². The van der Waals surface area contributed by atoms with Gasteiger partial charge in [-0.05, 0) is 20.8 Å². The van der Waals surface area contributed by atoms with E-state index in [4.69, 9.17) is 9.84 Å². The molecule has 78 valence electrons. The summed E-state index contributed by atoms with van der Waals surface area (Å²) >= 11 is 0. The molecule has 0 atom stereocenters. The minimum atomic E-state index is -0.484. The Balaban J connectivity index is 3.41. The second kappa shape index (κ2) is 5.77. The van der Waals surface area contributed by atoms with Crippen molar-refractivity contribution in [3.63, 3.8) is 0 Å². The number of rotatable bonds is 4. The van der Waals surface area contributed by atoms with Gasteiger partial charge in [0.05, 0.1) is 6.61 Å². The summed E-state index contributed by atoms with van der Waals surface area (Å²) in [6.07, 6.45) is -0.478. The number of aliphatic hydroxyl groups is 1. The van der Waals surface area contributed by atoms with Crippen molar-refractivity contribution in [3.05, 3.63) is 0 Å². The fourth-order valence-electron chi connectivity index (χ4n) is 0.604. The highest BCUT2D eigenvalue weighted by Crippen LogP contribution is 2.05. The highest BCUT2D eigenvalue weighted by Gasteiger charge is 2.15. The smallest absolute Gasteiger partial charge is 0.407 e. The van der Waals surface area contributed by atoms with E-state index in [0.717, 1.165) is 0 Å². The molecule has 5 heteroatoms. The second-order valence-electron chi connectivity index (χ2n) is 3.47. The summed E-state index contributed by atoms with van der Waals surface area (Å²) < 4.78 is 9.55. The molecular formula is C8H17NO4. The molecule has 0 fully saturated rings. The maximum Gasteiger partial charge on any atom is 0.407 e. The molecule has 0 aliphatic carbocycles. The normalized spacial score (nSPS) is 11.1. The molecule has 0 saturated heterocycles. The quantitative estimate of drug-likeness (QED) is 0.501. The third kappa shape index (κ3) is 9.10. The molecule has 0 spiro atoms. The lowest BCUT2D eigenvalue weighted by atomic mass is 10.2. The molecule has 0 unspecified atom stereocenters. The molecule has 0 rings (SSSR count). The first-order valence-corrected chi connectivity index (χ1v) is 4.11. The Kier molecular flexibility index (Phi) is 5.41. The van der Waals surface area contributed by atoms with E-state index in [1.807, 2.05) is 0 Å². The predicted molar refractivity (Wildman–Crippen MR) is 47.3 cm³/mol. The van der Waals surface area contributed by atoms with Gasteiger partial charge in [0.15, 0.2) is 0 Å². The Hall–Kier alpha value is -0.810. The van der Waals surface area contributed by atoms with Gasteiger partial charge in [-0.15, -0.1) is 0 Å². The van der Waals surface area contributed by atoms with E-state index in [2.05, 4.69) is 10.1 Å². The van der Waals surface area contributed by atoms with Crippen LogP contribution < -0.4 is 5.32 Å². The average Bonchev–Trinajstić information content (AvgIpc) is 1.94. The lowest BCUT2D eigenvalue weighted by Gasteiger charge is -2.19. The Morgan fingerprint density at radius 1 is 1.46 bits per heavy atom. The molecule has 5 nitrogen and oxygen atoms in total. The summed E-state index contributed by atoms with van der Waals surface area (Å²) in [5.41, 5.74) is -0.484. The van der Waals surface area contributed by atoms with Crippen molar-refractivity contribution in [2.24, 2.45) is 0 Å². The van der Waals surface area contributed by atoms with E-state index in [0.29, 0.717) is 6.54 Å². The third-order valence-corrected chi connectivity index (χ3v) is 1.01. The van der Waals surface area contributed by atoms with Crippen LogP contribution in [0, 0.1) is 0 Å². The van der Waals surface area contributed by atoms with Gasteiger partial charge < -0.3 is 19.9 Å². The highest BCUT2D eigenvalue weighted by atomic mass is 16.6. The summed E-state index contributed by atoms with van der Waals surface area (Å²) in [5.74, 6) is 0. The zero-order valence-corrected chi connectivity index (χ0v) is 8.29. The van der Waals surface area contributed by atoms with Crippen molar-refractivity contribution in [1.82, 2.24) is 5.32 Å². The molecule has 0 heterocycles. The molecule has 1 amide bonds. The highest BCUT2D eigenvalue weighted by molar-refractivity contribution is 5.67. The lowest BCUT2D eigenvalue weighted by molar-refractivity contribution is -0.00159. The first kappa shape index (κ1) is 12.2. The van der Waals surface area contributed by atoms with Crippen LogP contribution in [-0.4, -0.2) is 36.7 Å². The summed E-state index contributed by atoms with van der Waals surface area (Å²) in [6.45, 7) is 5.63. The van der Waals surface area contributed by atoms with Crippen LogP contribution in [0.5, 0.6) is 0 Å². The van der Waals surface area contributed by atoms with E-state index in [1.165, 1.54) is 0 Å². The first-order chi connectivity index (χ1) is 5.95. The molecule has 0 aromatic heterocycles. The van der Waals surface area contributed by atoms with Crippen molar-refractivity contribution in [1.29, 1.82) is 0 Å². The minimum absolute atomic E-state index is 0.274. The Morgan fingerprint density at radius 3 is 2.54 bits per heavy atom. The predicted octanol–water partition coefficient (Wildman–Crippen LogP) is 0.477. The van der Waals surface area contributed by atoms with Gasteiger partial charge in [-0.1, -0.05) is 0 Å². The zero-order valence-electron chi connectivity index (χ0n) is 8.29. The van der Waals surface area contributed by atoms with Gasteiger partial charge in [-0.2, -0.15) is 0 Å². The van der Waals surface area contributed by atoms with Gasteiger partial charge in [0.1, 0.15) is 12.4 Å². The molecular weight excluding hydrogens is 174 g/mol. The number of amides is 1. The standard InChI is InChI=1S/C8H17NO4/c1-8(2,3)13-7(11)9-4-5-12-6-10/h10H,4-6H2,1-3H3,(H,9,11). The van der Waals surface area contributed by atoms with E-state index in [9.17, 15) is 4.79 Å². The number of alkyl carbamates (subject to hydrolysis) is 1. The Labute approximate surface area is 78.0 Å². The Morgan fingerprint density at radius 2 is 2.08 bits per heavy atom. The number of aliphatic hydroxyl groups excluding tert-OH is 1. The van der Waals surface area contributed by atoms with Crippen molar-refractivity contribution < 1.29 is 19.4 Å². The molecule has 2 N–H and O–H groups in total. The number of nitrogens with one attached hydrogen (secondary N) is 1. The van der Waals surface area contributed by atoms with Crippen LogP contribution in [0.2, 0.25) is 0 Å². The molecule has 0 aliphatic rings. The molecule has 0 bridgehead atoms. The summed E-state index contributed by atoms with van der Waals surface area (Å²) in [4.78, 5) is 11.0. The average molecular weight is 191 g/mol. The zero-order chi connectivity index (χ0) is 10.3. The van der Waals surface area contributed by atoms with Gasteiger partial charge in [0.25, 0.3) is 0 Å². The van der Waals surface area contributed by atoms with Crippen molar-refractivity contribution in [3.8, 4) is 0 Å². The first-order valence-electron chi connectivity index (χ1n) is 4.11. The monoisotopic (exact) mass is 191 g/mol. The lowest BCUT2D eigenvalue weighted by Crippen LogP contribution is -2.34. The van der Waals surface area contributed by atoms with Crippen LogP contribution in [-0.2, 0) is 9.47 Å². The van der Waals surface area contributed by atoms with Crippen LogP contribution in [0.4, 0.5) is 4.79 Å². The van der Waals surface area contributed by atoms with Crippen LogP contribution in [0.25, 0.3) is 0 Å². The van der Waals surface area contributed by atoms with Gasteiger partial charge in [-0.3, -0.25) is 0 Å². The van der Waals surface area contributed by atoms with Crippen molar-refractivity contribution in [2.45, 2.75) is 26.4 Å². The topological polar surface area (TPSA) is 67.8 Å². The van der Waals surface area contributed by atoms with Gasteiger partial charge in [0.2, 0.25) is 0 Å². The second-order valence-corrected chi connectivity index (χ2v) is 3.47. The van der Waals surface area contributed by atoms with E-state index in [1.54, 1.807) is 20.8 Å². The fraction of sp³-hybridized carbons (Fsp3) is 0.875. The number of hydrogen-bond acceptors (Lipinski definition) is 4. The van der Waals surface area contributed by atoms with Crippen molar-refractivity contribution in [2.75, 3.05) is 19.9 Å². The maximum absolute atomic E-state index is 11.0. The number of carbonyl (C=O) groups is 1. The summed E-state index contributed by atoms with van der Waals surface area (Å²) in [5, 5.41) is 10.7. The van der Waals surface area contributed by atoms with E-state index < -0.39 is 11.7 Å². The van der Waals surface area contributed by atoms with Gasteiger partial charge in [0, 0.05) is 6.54 Å². The third-order valence-electron chi connectivity index (χ3n) is 1.01. The molecule has 0 aromatic carbocycles. The largest absolute Gasteiger partial charge is 0.444 e. The maximum atomic E-state index is 11.0. The van der Waals surface area contributed by atoms with Crippen LogP contribution in [0.1, 0.15) is 20.8 Å². The fourth-order valence-corrected chi connectivity index (χ4v) is 0.604. The molecule has 0 aliphatic heterocycles. The number of hydrogen-bond donors (Lipinski definition) is 2. The molecule has 0 aromatic rings. The van der Waals surface area contributed by atoms with E-state index in [-0.39, 0.29) is 13.4 Å². The van der Waals surface area contributed by atoms with Crippen LogP contribution >= 0.6 is 0 Å². The van der Waals surface area contributed by atoms with Crippen LogP contribution in [0.15, 0.2) is 0 Å².